The van der Waals surface area contributed by atoms with E-state index in [4.69, 9.17) is 10.5 Å². The molecule has 0 aliphatic heterocycles. The molecule has 0 radical (unpaired) electrons. The monoisotopic (exact) mass is 390 g/mol. The highest BCUT2D eigenvalue weighted by Gasteiger charge is 2.41. The fourth-order valence-electron chi connectivity index (χ4n) is 3.16. The van der Waals surface area contributed by atoms with Crippen LogP contribution in [0, 0.1) is 5.41 Å². The van der Waals surface area contributed by atoms with Gasteiger partial charge in [0.25, 0.3) is 0 Å². The topological polar surface area (TPSA) is 55.6 Å². The van der Waals surface area contributed by atoms with Gasteiger partial charge in [0.1, 0.15) is 5.75 Å². The van der Waals surface area contributed by atoms with E-state index in [0.29, 0.717) is 13.1 Å². The van der Waals surface area contributed by atoms with Gasteiger partial charge in [-0.2, -0.15) is 0 Å². The molecule has 0 aromatic heterocycles. The van der Waals surface area contributed by atoms with Crippen LogP contribution in [0.25, 0.3) is 0 Å². The maximum absolute atomic E-state index is 12.8. The summed E-state index contributed by atoms with van der Waals surface area (Å²) in [5.41, 5.74) is 6.54. The number of carbonyl (C=O) groups is 1. The summed E-state index contributed by atoms with van der Waals surface area (Å²) in [6.07, 6.45) is 4.00. The smallest absolute Gasteiger partial charge is 0.230 e. The SMILES string of the molecule is COc1ccc(Br)cc1CN(C)C(=O)C1(CN)CCCC1.Cl. The van der Waals surface area contributed by atoms with Crippen molar-refractivity contribution < 1.29 is 9.53 Å². The van der Waals surface area contributed by atoms with Crippen LogP contribution in [0.2, 0.25) is 0 Å². The zero-order valence-corrected chi connectivity index (χ0v) is 15.5. The minimum absolute atomic E-state index is 0. The van der Waals surface area contributed by atoms with Gasteiger partial charge in [-0.25, -0.2) is 0 Å². The van der Waals surface area contributed by atoms with Crippen molar-refractivity contribution in [2.45, 2.75) is 32.2 Å². The third kappa shape index (κ3) is 3.94. The Morgan fingerprint density at radius 3 is 2.59 bits per heavy atom. The van der Waals surface area contributed by atoms with E-state index in [-0.39, 0.29) is 23.7 Å². The molecular formula is C16H24BrClN2O2. The van der Waals surface area contributed by atoms with E-state index in [0.717, 1.165) is 41.5 Å². The molecule has 4 nitrogen and oxygen atoms in total. The number of hydrogen-bond donors (Lipinski definition) is 1. The summed E-state index contributed by atoms with van der Waals surface area (Å²) >= 11 is 3.46. The maximum atomic E-state index is 12.8. The molecule has 2 rings (SSSR count). The molecular weight excluding hydrogens is 368 g/mol. The molecule has 1 saturated carbocycles. The van der Waals surface area contributed by atoms with Gasteiger partial charge < -0.3 is 15.4 Å². The van der Waals surface area contributed by atoms with Gasteiger partial charge in [-0.1, -0.05) is 28.8 Å². The molecule has 0 unspecified atom stereocenters. The fourth-order valence-corrected chi connectivity index (χ4v) is 3.57. The zero-order chi connectivity index (χ0) is 15.5. The van der Waals surface area contributed by atoms with Crippen LogP contribution in [0.3, 0.4) is 0 Å². The van der Waals surface area contributed by atoms with E-state index in [1.54, 1.807) is 12.0 Å². The zero-order valence-electron chi connectivity index (χ0n) is 13.1. The number of nitrogens with two attached hydrogens (primary N) is 1. The second-order valence-electron chi connectivity index (χ2n) is 5.81. The van der Waals surface area contributed by atoms with E-state index in [1.165, 1.54) is 0 Å². The molecule has 6 heteroatoms. The predicted octanol–water partition coefficient (Wildman–Crippen LogP) is 3.36. The Morgan fingerprint density at radius 1 is 1.41 bits per heavy atom. The van der Waals surface area contributed by atoms with Crippen LogP contribution in [0.4, 0.5) is 0 Å². The third-order valence-corrected chi connectivity index (χ3v) is 4.89. The summed E-state index contributed by atoms with van der Waals surface area (Å²) in [5.74, 6) is 0.954. The van der Waals surface area contributed by atoms with Gasteiger partial charge in [-0.15, -0.1) is 12.4 Å². The minimum Gasteiger partial charge on any atom is -0.496 e. The van der Waals surface area contributed by atoms with Gasteiger partial charge >= 0.3 is 0 Å². The average molecular weight is 392 g/mol. The Bertz CT molecular complexity index is 519. The highest BCUT2D eigenvalue weighted by molar-refractivity contribution is 9.10. The number of carbonyl (C=O) groups excluding carboxylic acids is 1. The Balaban J connectivity index is 0.00000242. The van der Waals surface area contributed by atoms with Crippen LogP contribution in [0.1, 0.15) is 31.2 Å². The standard InChI is InChI=1S/C16H23BrN2O2.ClH/c1-19(15(20)16(11-18)7-3-4-8-16)10-12-9-13(17)5-6-14(12)21-2;/h5-6,9H,3-4,7-8,10-11,18H2,1-2H3;1H. The first kappa shape index (κ1) is 19.3. The molecule has 1 aliphatic rings. The highest BCUT2D eigenvalue weighted by atomic mass is 79.9. The normalized spacial score (nSPS) is 16.0. The van der Waals surface area contributed by atoms with Gasteiger partial charge in [0.2, 0.25) is 5.91 Å². The number of hydrogen-bond acceptors (Lipinski definition) is 3. The summed E-state index contributed by atoms with van der Waals surface area (Å²) in [7, 11) is 3.49. The van der Waals surface area contributed by atoms with Crippen LogP contribution < -0.4 is 10.5 Å². The van der Waals surface area contributed by atoms with Crippen molar-refractivity contribution in [1.82, 2.24) is 4.90 Å². The van der Waals surface area contributed by atoms with Gasteiger partial charge in [0.05, 0.1) is 12.5 Å². The van der Waals surface area contributed by atoms with Crippen molar-refractivity contribution in [2.75, 3.05) is 20.7 Å². The Morgan fingerprint density at radius 2 is 2.05 bits per heavy atom. The van der Waals surface area contributed by atoms with Crippen molar-refractivity contribution >= 4 is 34.2 Å². The highest BCUT2D eigenvalue weighted by Crippen LogP contribution is 2.39. The number of benzene rings is 1. The van der Waals surface area contributed by atoms with Gasteiger partial charge in [-0.3, -0.25) is 4.79 Å². The van der Waals surface area contributed by atoms with Crippen LogP contribution in [-0.2, 0) is 11.3 Å². The molecule has 0 bridgehead atoms. The molecule has 1 aromatic carbocycles. The molecule has 0 spiro atoms. The first-order chi connectivity index (χ1) is 10.0. The largest absolute Gasteiger partial charge is 0.496 e. The van der Waals surface area contributed by atoms with Crippen LogP contribution >= 0.6 is 28.3 Å². The minimum atomic E-state index is -0.353. The molecule has 22 heavy (non-hydrogen) atoms. The predicted molar refractivity (Wildman–Crippen MR) is 94.4 cm³/mol. The molecule has 1 amide bonds. The lowest BCUT2D eigenvalue weighted by molar-refractivity contribution is -0.140. The van der Waals surface area contributed by atoms with Crippen LogP contribution in [0.5, 0.6) is 5.75 Å². The van der Waals surface area contributed by atoms with Crippen LogP contribution in [-0.4, -0.2) is 31.5 Å². The van der Waals surface area contributed by atoms with E-state index in [1.807, 2.05) is 25.2 Å². The van der Waals surface area contributed by atoms with Crippen molar-refractivity contribution in [3.05, 3.63) is 28.2 Å². The fraction of sp³-hybridized carbons (Fsp3) is 0.562. The number of ether oxygens (including phenoxy) is 1. The molecule has 124 valence electrons. The number of nitrogens with zero attached hydrogens (tertiary/aromatic N) is 1. The summed E-state index contributed by atoms with van der Waals surface area (Å²) in [6.45, 7) is 0.967. The number of amides is 1. The van der Waals surface area contributed by atoms with E-state index in [2.05, 4.69) is 15.9 Å². The first-order valence-electron chi connectivity index (χ1n) is 7.30. The lowest BCUT2D eigenvalue weighted by Gasteiger charge is -2.31. The maximum Gasteiger partial charge on any atom is 0.230 e. The van der Waals surface area contributed by atoms with Crippen LogP contribution in [0.15, 0.2) is 22.7 Å². The summed E-state index contributed by atoms with van der Waals surface area (Å²) < 4.78 is 6.35. The lowest BCUT2D eigenvalue weighted by Crippen LogP contribution is -2.44. The van der Waals surface area contributed by atoms with E-state index >= 15 is 0 Å². The third-order valence-electron chi connectivity index (χ3n) is 4.40. The molecule has 0 heterocycles. The number of rotatable bonds is 5. The molecule has 1 fully saturated rings. The molecule has 2 N–H and O–H groups in total. The molecule has 0 saturated heterocycles. The van der Waals surface area contributed by atoms with Gasteiger partial charge in [-0.05, 0) is 31.0 Å². The van der Waals surface area contributed by atoms with Crippen molar-refractivity contribution in [1.29, 1.82) is 0 Å². The first-order valence-corrected chi connectivity index (χ1v) is 8.10. The Kier molecular flexibility index (Phi) is 7.16. The number of methoxy groups -OCH3 is 1. The van der Waals surface area contributed by atoms with E-state index in [9.17, 15) is 4.79 Å². The van der Waals surface area contributed by atoms with Gasteiger partial charge in [0, 0.05) is 30.2 Å². The Hall–Kier alpha value is -0.780. The average Bonchev–Trinajstić information content (AvgIpc) is 2.96. The lowest BCUT2D eigenvalue weighted by atomic mass is 9.84. The summed E-state index contributed by atoms with van der Waals surface area (Å²) in [6, 6.07) is 5.83. The Labute approximate surface area is 146 Å². The van der Waals surface area contributed by atoms with Crippen molar-refractivity contribution in [2.24, 2.45) is 11.1 Å². The second-order valence-corrected chi connectivity index (χ2v) is 6.72. The van der Waals surface area contributed by atoms with E-state index < -0.39 is 0 Å². The van der Waals surface area contributed by atoms with Gasteiger partial charge in [0.15, 0.2) is 0 Å². The molecule has 1 aliphatic carbocycles. The van der Waals surface area contributed by atoms with Crippen molar-refractivity contribution in [3.63, 3.8) is 0 Å². The molecule has 0 atom stereocenters. The quantitative estimate of drug-likeness (QED) is 0.837. The summed E-state index contributed by atoms with van der Waals surface area (Å²) in [4.78, 5) is 14.6. The van der Waals surface area contributed by atoms with Crippen molar-refractivity contribution in [3.8, 4) is 5.75 Å². The molecule has 1 aromatic rings. The second kappa shape index (κ2) is 8.18. The number of halogens is 2. The summed E-state index contributed by atoms with van der Waals surface area (Å²) in [5, 5.41) is 0.